The molecule has 0 unspecified atom stereocenters. The Labute approximate surface area is 494 Å². The van der Waals surface area contributed by atoms with Gasteiger partial charge >= 0.3 is 0 Å². The van der Waals surface area contributed by atoms with Gasteiger partial charge in [0.1, 0.15) is 60.4 Å². The topological polar surface area (TPSA) is 377 Å². The van der Waals surface area contributed by atoms with Gasteiger partial charge in [-0.3, -0.25) is 47.9 Å². The molecule has 0 radical (unpaired) electrons. The second-order valence-electron chi connectivity index (χ2n) is 24.3. The monoisotopic (exact) mass is 1170 g/mol. The Bertz CT molecular complexity index is 2570. The van der Waals surface area contributed by atoms with Crippen molar-refractivity contribution in [2.75, 3.05) is 26.2 Å². The quantitative estimate of drug-likeness (QED) is 0.0970. The zero-order chi connectivity index (χ0) is 61.9. The predicted molar refractivity (Wildman–Crippen MR) is 317 cm³/mol. The third kappa shape index (κ3) is 19.5. The number of nitrogens with zero attached hydrogens (tertiary/aromatic N) is 2. The fourth-order valence-corrected chi connectivity index (χ4v) is 11.0. The van der Waals surface area contributed by atoms with Crippen molar-refractivity contribution in [1.82, 2.24) is 52.3 Å². The van der Waals surface area contributed by atoms with Crippen LogP contribution in [0.15, 0.2) is 60.7 Å². The van der Waals surface area contributed by atoms with E-state index in [0.717, 1.165) is 0 Å². The van der Waals surface area contributed by atoms with Crippen LogP contribution in [0.25, 0.3) is 0 Å². The van der Waals surface area contributed by atoms with E-state index in [1.807, 2.05) is 27.7 Å². The molecule has 10 amide bonds. The number of rotatable bonds is 16. The van der Waals surface area contributed by atoms with Crippen molar-refractivity contribution in [2.45, 2.75) is 192 Å². The maximum absolute atomic E-state index is 15.0. The summed E-state index contributed by atoms with van der Waals surface area (Å²) in [4.78, 5) is 149. The first kappa shape index (κ1) is 67.8. The third-order valence-electron chi connectivity index (χ3n) is 15.5. The van der Waals surface area contributed by atoms with Crippen LogP contribution in [0.5, 0.6) is 0 Å². The number of nitrogens with one attached hydrogen (secondary N) is 8. The van der Waals surface area contributed by atoms with Crippen molar-refractivity contribution in [1.29, 1.82) is 0 Å². The Morgan fingerprint density at radius 2 is 0.893 bits per heavy atom. The van der Waals surface area contributed by atoms with Crippen molar-refractivity contribution in [2.24, 2.45) is 46.6 Å². The lowest BCUT2D eigenvalue weighted by molar-refractivity contribution is -0.143. The van der Waals surface area contributed by atoms with Crippen LogP contribution in [-0.2, 0) is 60.8 Å². The molecule has 3 heterocycles. The fourth-order valence-electron chi connectivity index (χ4n) is 11.0. The van der Waals surface area contributed by atoms with Crippen LogP contribution in [0.3, 0.4) is 0 Å². The van der Waals surface area contributed by atoms with Crippen molar-refractivity contribution < 1.29 is 47.9 Å². The summed E-state index contributed by atoms with van der Waals surface area (Å²) in [5, 5.41) is 22.6. The molecule has 0 bridgehead atoms. The molecule has 84 heavy (non-hydrogen) atoms. The molecule has 3 saturated heterocycles. The molecule has 3 aliphatic heterocycles. The van der Waals surface area contributed by atoms with Crippen LogP contribution in [-0.4, -0.2) is 168 Å². The van der Waals surface area contributed by atoms with Gasteiger partial charge in [-0.2, -0.15) is 0 Å². The smallest absolute Gasteiger partial charge is 0.246 e. The average molecular weight is 1170 g/mol. The van der Waals surface area contributed by atoms with E-state index in [4.69, 9.17) is 22.9 Å². The Hall–Kier alpha value is -7.02. The van der Waals surface area contributed by atoms with Crippen LogP contribution in [0.2, 0.25) is 0 Å². The number of hydrogen-bond donors (Lipinski definition) is 12. The standard InChI is InChI=1S/C60H94N14O10/c1-33(2)25-42-52(76)70-46(28-38-19-13-10-14-20-38)60(84)74-32-40(64)30-48(74)56(80)72-50(36(7)8)58(82)68-44(29-39(63)31-62)54(78)67-43(26-34(3)4)53(77)69-45(27-37-17-11-9-12-18-37)59(83)73-24-16-22-47(73)55(79)71-49(35(5)6)57(81)65-41(21-15-23-61)51(75)66-42/h9-14,17-20,33-36,39-50H,15-16,21-32,61-64H2,1-8H3,(H,65,81)(H,66,75)(H,67,78)(H,68,82)(H,69,77)(H,70,76)(H,71,79)(H,72,80)/t39-,40+,41-,42-,43-,44-,45+,46+,47-,48-,49-,50-/m0/s1. The van der Waals surface area contributed by atoms with E-state index in [2.05, 4.69) is 42.5 Å². The summed E-state index contributed by atoms with van der Waals surface area (Å²) >= 11 is 0. The molecule has 0 aromatic heterocycles. The molecule has 3 fully saturated rings. The summed E-state index contributed by atoms with van der Waals surface area (Å²) in [6, 6.07) is 3.87. The lowest BCUT2D eigenvalue weighted by atomic mass is 9.98. The molecule has 464 valence electrons. The number of carbonyl (C=O) groups excluding carboxylic acids is 10. The van der Waals surface area contributed by atoms with E-state index in [0.29, 0.717) is 17.5 Å². The van der Waals surface area contributed by atoms with E-state index in [1.54, 1.807) is 88.4 Å². The molecule has 3 aliphatic rings. The highest BCUT2D eigenvalue weighted by Gasteiger charge is 2.45. The van der Waals surface area contributed by atoms with Crippen LogP contribution in [0.4, 0.5) is 0 Å². The Kier molecular flexibility index (Phi) is 26.1. The van der Waals surface area contributed by atoms with E-state index in [-0.39, 0.29) is 95.8 Å². The molecule has 0 spiro atoms. The van der Waals surface area contributed by atoms with Gasteiger partial charge < -0.3 is 75.3 Å². The predicted octanol–water partition coefficient (Wildman–Crippen LogP) is -0.898. The van der Waals surface area contributed by atoms with Crippen molar-refractivity contribution >= 4 is 59.1 Å². The first-order valence-electron chi connectivity index (χ1n) is 29.8. The average Bonchev–Trinajstić information content (AvgIpc) is 3.38. The third-order valence-corrected chi connectivity index (χ3v) is 15.5. The number of hydrogen-bond acceptors (Lipinski definition) is 14. The van der Waals surface area contributed by atoms with Crippen molar-refractivity contribution in [3.05, 3.63) is 71.8 Å². The SMILES string of the molecule is CC(C)C[C@@H]1NC(=O)[C@H](C[C@H](N)CN)NC(=O)[C@H](C(C)C)NC(=O)[C@@H]2C[C@@H](N)CN2C(=O)[C@@H](Cc2ccccc2)NC(=O)[C@H](CC(C)C)NC(=O)[C@H](CCCN)NC(=O)[C@H](C(C)C)NC(=O)[C@@H]2CCCN2C(=O)[C@@H](Cc2ccccc2)NC1=O. The highest BCUT2D eigenvalue weighted by atomic mass is 16.2. The number of carbonyl (C=O) groups is 10. The highest BCUT2D eigenvalue weighted by Crippen LogP contribution is 2.24. The lowest BCUT2D eigenvalue weighted by Crippen LogP contribution is -2.62. The maximum atomic E-state index is 15.0. The summed E-state index contributed by atoms with van der Waals surface area (Å²) in [7, 11) is 0. The molecule has 16 N–H and O–H groups in total. The number of nitrogens with two attached hydrogens (primary N) is 4. The Morgan fingerprint density at radius 1 is 0.488 bits per heavy atom. The van der Waals surface area contributed by atoms with E-state index >= 15 is 4.79 Å². The van der Waals surface area contributed by atoms with Gasteiger partial charge in [-0.1, -0.05) is 116 Å². The summed E-state index contributed by atoms with van der Waals surface area (Å²) in [6.07, 6.45) is 0.968. The van der Waals surface area contributed by atoms with Gasteiger partial charge in [0, 0.05) is 44.6 Å². The minimum atomic E-state index is -1.39. The minimum absolute atomic E-state index is 0.000883. The summed E-state index contributed by atoms with van der Waals surface area (Å²) in [5.74, 6) is -8.49. The maximum Gasteiger partial charge on any atom is 0.246 e. The Morgan fingerprint density at radius 3 is 1.33 bits per heavy atom. The zero-order valence-corrected chi connectivity index (χ0v) is 50.2. The van der Waals surface area contributed by atoms with Crippen LogP contribution in [0.1, 0.15) is 118 Å². The van der Waals surface area contributed by atoms with E-state index in [9.17, 15) is 43.2 Å². The molecule has 2 aromatic carbocycles. The minimum Gasteiger partial charge on any atom is -0.343 e. The number of amides is 10. The molecular weight excluding hydrogens is 1080 g/mol. The van der Waals surface area contributed by atoms with Gasteiger partial charge in [0.15, 0.2) is 0 Å². The van der Waals surface area contributed by atoms with Crippen molar-refractivity contribution in [3.8, 4) is 0 Å². The largest absolute Gasteiger partial charge is 0.343 e. The zero-order valence-electron chi connectivity index (χ0n) is 50.2. The molecule has 0 aliphatic carbocycles. The summed E-state index contributed by atoms with van der Waals surface area (Å²) in [6.45, 7) is 14.3. The summed E-state index contributed by atoms with van der Waals surface area (Å²) in [5.41, 5.74) is 26.1. The highest BCUT2D eigenvalue weighted by molar-refractivity contribution is 6.00. The van der Waals surface area contributed by atoms with Gasteiger partial charge in [-0.25, -0.2) is 0 Å². The molecular formula is C60H94N14O10. The Balaban J connectivity index is 1.61. The van der Waals surface area contributed by atoms with Gasteiger partial charge in [-0.05, 0) is 92.7 Å². The van der Waals surface area contributed by atoms with Crippen LogP contribution >= 0.6 is 0 Å². The molecule has 24 heteroatoms. The van der Waals surface area contributed by atoms with Gasteiger partial charge in [0.2, 0.25) is 59.1 Å². The lowest BCUT2D eigenvalue weighted by Gasteiger charge is -2.33. The van der Waals surface area contributed by atoms with E-state index < -0.39 is 143 Å². The van der Waals surface area contributed by atoms with Crippen LogP contribution in [0, 0.1) is 23.7 Å². The summed E-state index contributed by atoms with van der Waals surface area (Å²) < 4.78 is 0. The first-order chi connectivity index (χ1) is 39.8. The van der Waals surface area contributed by atoms with Gasteiger partial charge in [0.05, 0.1) is 0 Å². The molecule has 5 rings (SSSR count). The van der Waals surface area contributed by atoms with Gasteiger partial charge in [-0.15, -0.1) is 0 Å². The normalized spacial score (nSPS) is 27.5. The second-order valence-corrected chi connectivity index (χ2v) is 24.3. The molecule has 12 atom stereocenters. The molecule has 24 nitrogen and oxygen atoms in total. The number of benzene rings is 2. The van der Waals surface area contributed by atoms with Gasteiger partial charge in [0.25, 0.3) is 0 Å². The van der Waals surface area contributed by atoms with E-state index in [1.165, 1.54) is 9.80 Å². The second kappa shape index (κ2) is 32.3. The van der Waals surface area contributed by atoms with Crippen LogP contribution < -0.4 is 65.5 Å². The molecule has 0 saturated carbocycles. The van der Waals surface area contributed by atoms with Crippen molar-refractivity contribution in [3.63, 3.8) is 0 Å². The first-order valence-corrected chi connectivity index (χ1v) is 29.8. The fraction of sp³-hybridized carbons (Fsp3) is 0.633. The number of fused-ring (bicyclic) bond motifs is 2. The molecule has 2 aromatic rings.